The molecule has 0 spiro atoms. The Hall–Kier alpha value is -0.990. The number of hydrogen-bond donors (Lipinski definition) is 2. The van der Waals surface area contributed by atoms with Crippen molar-refractivity contribution in [1.29, 1.82) is 0 Å². The summed E-state index contributed by atoms with van der Waals surface area (Å²) in [4.78, 5) is 22.3. The SMILES string of the molecule is CCCCS(=O)(=O)C[C@@H](N)C(=O)OC(=O)CCN. The van der Waals surface area contributed by atoms with Gasteiger partial charge in [-0.3, -0.25) is 4.79 Å². The van der Waals surface area contributed by atoms with E-state index in [9.17, 15) is 18.0 Å². The molecular weight excluding hydrogens is 260 g/mol. The molecule has 0 aliphatic carbocycles. The van der Waals surface area contributed by atoms with E-state index in [0.29, 0.717) is 6.42 Å². The zero-order valence-electron chi connectivity index (χ0n) is 10.4. The van der Waals surface area contributed by atoms with E-state index in [4.69, 9.17) is 11.5 Å². The van der Waals surface area contributed by atoms with Crippen molar-refractivity contribution in [3.63, 3.8) is 0 Å². The van der Waals surface area contributed by atoms with Gasteiger partial charge in [0.15, 0.2) is 9.84 Å². The average molecular weight is 280 g/mol. The number of ether oxygens (including phenoxy) is 1. The van der Waals surface area contributed by atoms with Gasteiger partial charge in [-0.15, -0.1) is 0 Å². The highest BCUT2D eigenvalue weighted by molar-refractivity contribution is 7.91. The second-order valence-electron chi connectivity index (χ2n) is 3.91. The van der Waals surface area contributed by atoms with Gasteiger partial charge in [-0.2, -0.15) is 0 Å². The molecule has 0 aromatic rings. The van der Waals surface area contributed by atoms with Gasteiger partial charge in [0.2, 0.25) is 0 Å². The third-order valence-corrected chi connectivity index (χ3v) is 3.89. The second kappa shape index (κ2) is 8.17. The van der Waals surface area contributed by atoms with Gasteiger partial charge < -0.3 is 16.2 Å². The normalized spacial score (nSPS) is 13.1. The van der Waals surface area contributed by atoms with Gasteiger partial charge >= 0.3 is 11.9 Å². The number of esters is 2. The van der Waals surface area contributed by atoms with Crippen LogP contribution in [0.15, 0.2) is 0 Å². The Morgan fingerprint density at radius 2 is 1.94 bits per heavy atom. The molecule has 0 aromatic heterocycles. The maximum absolute atomic E-state index is 11.5. The van der Waals surface area contributed by atoms with Crippen molar-refractivity contribution >= 4 is 21.8 Å². The highest BCUT2D eigenvalue weighted by Crippen LogP contribution is 2.01. The Morgan fingerprint density at radius 3 is 2.44 bits per heavy atom. The van der Waals surface area contributed by atoms with Crippen LogP contribution < -0.4 is 11.5 Å². The standard InChI is InChI=1S/C10H20N2O5S/c1-2-3-6-18(15,16)7-8(12)10(14)17-9(13)4-5-11/h8H,2-7,11-12H2,1H3/t8-/m1/s1. The van der Waals surface area contributed by atoms with Gasteiger partial charge in [-0.25, -0.2) is 13.2 Å². The van der Waals surface area contributed by atoms with E-state index < -0.39 is 33.6 Å². The number of hydrogen-bond acceptors (Lipinski definition) is 7. The lowest BCUT2D eigenvalue weighted by Gasteiger charge is -2.10. The zero-order chi connectivity index (χ0) is 14.2. The van der Waals surface area contributed by atoms with Crippen molar-refractivity contribution in [1.82, 2.24) is 0 Å². The molecule has 0 radical (unpaired) electrons. The fraction of sp³-hybridized carbons (Fsp3) is 0.800. The van der Waals surface area contributed by atoms with E-state index in [1.165, 1.54) is 0 Å². The minimum Gasteiger partial charge on any atom is -0.392 e. The monoisotopic (exact) mass is 280 g/mol. The number of rotatable bonds is 8. The first-order valence-corrected chi connectivity index (χ1v) is 7.55. The first-order chi connectivity index (χ1) is 8.32. The topological polar surface area (TPSA) is 130 Å². The molecule has 8 heteroatoms. The molecule has 0 heterocycles. The summed E-state index contributed by atoms with van der Waals surface area (Å²) in [6, 6.07) is -1.34. The van der Waals surface area contributed by atoms with Gasteiger partial charge in [0, 0.05) is 6.54 Å². The smallest absolute Gasteiger partial charge is 0.331 e. The van der Waals surface area contributed by atoms with Crippen LogP contribution >= 0.6 is 0 Å². The first kappa shape index (κ1) is 17.0. The van der Waals surface area contributed by atoms with Crippen molar-refractivity contribution in [2.24, 2.45) is 11.5 Å². The Morgan fingerprint density at radius 1 is 1.33 bits per heavy atom. The number of unbranched alkanes of at least 4 members (excludes halogenated alkanes) is 1. The van der Waals surface area contributed by atoms with E-state index >= 15 is 0 Å². The third-order valence-electron chi connectivity index (χ3n) is 2.11. The van der Waals surface area contributed by atoms with Gasteiger partial charge in [-0.1, -0.05) is 13.3 Å². The van der Waals surface area contributed by atoms with Crippen LogP contribution in [0.25, 0.3) is 0 Å². The molecule has 0 fully saturated rings. The third kappa shape index (κ3) is 7.36. The van der Waals surface area contributed by atoms with Crippen LogP contribution in [0.4, 0.5) is 0 Å². The highest BCUT2D eigenvalue weighted by Gasteiger charge is 2.24. The lowest BCUT2D eigenvalue weighted by atomic mass is 10.3. The molecule has 106 valence electrons. The summed E-state index contributed by atoms with van der Waals surface area (Å²) in [5.41, 5.74) is 10.5. The number of sulfone groups is 1. The summed E-state index contributed by atoms with van der Waals surface area (Å²) >= 11 is 0. The quantitative estimate of drug-likeness (QED) is 0.428. The molecule has 0 amide bonds. The van der Waals surface area contributed by atoms with Crippen molar-refractivity contribution < 1.29 is 22.7 Å². The van der Waals surface area contributed by atoms with E-state index in [1.54, 1.807) is 0 Å². The molecule has 0 aromatic carbocycles. The summed E-state index contributed by atoms with van der Waals surface area (Å²) in [5.74, 6) is -2.37. The van der Waals surface area contributed by atoms with Crippen molar-refractivity contribution in [2.75, 3.05) is 18.1 Å². The van der Waals surface area contributed by atoms with Crippen LogP contribution in [0.5, 0.6) is 0 Å². The second-order valence-corrected chi connectivity index (χ2v) is 6.13. The minimum atomic E-state index is -3.40. The van der Waals surface area contributed by atoms with E-state index in [0.717, 1.165) is 6.42 Å². The van der Waals surface area contributed by atoms with Crippen LogP contribution in [-0.4, -0.2) is 44.4 Å². The summed E-state index contributed by atoms with van der Waals surface area (Å²) in [5, 5.41) is 0. The molecule has 0 saturated carbocycles. The molecule has 7 nitrogen and oxygen atoms in total. The molecule has 0 bridgehead atoms. The molecular formula is C10H20N2O5S. The Balaban J connectivity index is 4.27. The molecule has 0 rings (SSSR count). The lowest BCUT2D eigenvalue weighted by molar-refractivity contribution is -0.160. The Labute approximate surface area is 107 Å². The summed E-state index contributed by atoms with van der Waals surface area (Å²) < 4.78 is 27.4. The fourth-order valence-corrected chi connectivity index (χ4v) is 2.72. The van der Waals surface area contributed by atoms with E-state index in [-0.39, 0.29) is 18.7 Å². The largest absolute Gasteiger partial charge is 0.392 e. The Bertz CT molecular complexity index is 380. The number of nitrogens with two attached hydrogens (primary N) is 2. The maximum atomic E-state index is 11.5. The van der Waals surface area contributed by atoms with Gasteiger partial charge in [0.05, 0.1) is 17.9 Å². The van der Waals surface area contributed by atoms with Crippen LogP contribution in [-0.2, 0) is 24.2 Å². The zero-order valence-corrected chi connectivity index (χ0v) is 11.2. The first-order valence-electron chi connectivity index (χ1n) is 5.73. The molecule has 0 aliphatic rings. The van der Waals surface area contributed by atoms with Gasteiger partial charge in [-0.05, 0) is 6.42 Å². The maximum Gasteiger partial charge on any atom is 0.331 e. The lowest BCUT2D eigenvalue weighted by Crippen LogP contribution is -2.40. The van der Waals surface area contributed by atoms with Crippen LogP contribution in [0, 0.1) is 0 Å². The predicted octanol–water partition coefficient (Wildman–Crippen LogP) is -1.05. The van der Waals surface area contributed by atoms with E-state index in [1.807, 2.05) is 6.92 Å². The summed E-state index contributed by atoms with van der Waals surface area (Å²) in [6.45, 7) is 1.91. The minimum absolute atomic E-state index is 0.0266. The number of carbonyl (C=O) groups excluding carboxylic acids is 2. The van der Waals surface area contributed by atoms with Crippen molar-refractivity contribution in [3.05, 3.63) is 0 Å². The van der Waals surface area contributed by atoms with Crippen LogP contribution in [0.2, 0.25) is 0 Å². The molecule has 18 heavy (non-hydrogen) atoms. The van der Waals surface area contributed by atoms with Gasteiger partial charge in [0.1, 0.15) is 6.04 Å². The van der Waals surface area contributed by atoms with E-state index in [2.05, 4.69) is 4.74 Å². The molecule has 0 saturated heterocycles. The molecule has 0 unspecified atom stereocenters. The summed E-state index contributed by atoms with van der Waals surface area (Å²) in [6.07, 6.45) is 1.13. The Kier molecular flexibility index (Phi) is 7.72. The molecule has 0 aliphatic heterocycles. The van der Waals surface area contributed by atoms with Crippen molar-refractivity contribution in [2.45, 2.75) is 32.2 Å². The fourth-order valence-electron chi connectivity index (χ4n) is 1.15. The van der Waals surface area contributed by atoms with Crippen LogP contribution in [0.1, 0.15) is 26.2 Å². The average Bonchev–Trinajstić information content (AvgIpc) is 2.26. The number of carbonyl (C=O) groups is 2. The summed E-state index contributed by atoms with van der Waals surface area (Å²) in [7, 11) is -3.40. The van der Waals surface area contributed by atoms with Crippen molar-refractivity contribution in [3.8, 4) is 0 Å². The van der Waals surface area contributed by atoms with Crippen LogP contribution in [0.3, 0.4) is 0 Å². The predicted molar refractivity (Wildman–Crippen MR) is 66.3 cm³/mol. The molecule has 4 N–H and O–H groups in total. The highest BCUT2D eigenvalue weighted by atomic mass is 32.2. The molecule has 1 atom stereocenters. The van der Waals surface area contributed by atoms with Gasteiger partial charge in [0.25, 0.3) is 0 Å².